The number of rotatable bonds is 15. The van der Waals surface area contributed by atoms with Gasteiger partial charge in [0.25, 0.3) is 5.91 Å². The van der Waals surface area contributed by atoms with Crippen LogP contribution in [0.2, 0.25) is 0 Å². The van der Waals surface area contributed by atoms with Crippen LogP contribution in [0.4, 0.5) is 0 Å². The number of amides is 2. The van der Waals surface area contributed by atoms with E-state index < -0.39 is 5.91 Å². The van der Waals surface area contributed by atoms with Crippen molar-refractivity contribution in [3.8, 4) is 0 Å². The molecular weight excluding hydrogens is 632 g/mol. The molecule has 3 aliphatic rings. The summed E-state index contributed by atoms with van der Waals surface area (Å²) < 4.78 is 13.2. The van der Waals surface area contributed by atoms with E-state index in [2.05, 4.69) is 41.6 Å². The van der Waals surface area contributed by atoms with E-state index in [-0.39, 0.29) is 36.0 Å². The second-order valence-electron chi connectivity index (χ2n) is 13.3. The molecule has 3 aliphatic carbocycles. The lowest BCUT2D eigenvalue weighted by Crippen LogP contribution is -2.47. The zero-order chi connectivity index (χ0) is 35.8. The normalized spacial score (nSPS) is 19.5. The Labute approximate surface area is 299 Å². The van der Waals surface area contributed by atoms with Crippen molar-refractivity contribution < 1.29 is 28.7 Å². The van der Waals surface area contributed by atoms with E-state index in [9.17, 15) is 14.4 Å². The maximum atomic E-state index is 12.7. The van der Waals surface area contributed by atoms with Gasteiger partial charge in [-0.15, -0.1) is 6.58 Å². The predicted molar refractivity (Wildman–Crippen MR) is 197 cm³/mol. The van der Waals surface area contributed by atoms with Crippen LogP contribution < -0.4 is 10.8 Å². The number of aldehydes is 1. The fourth-order valence-electron chi connectivity index (χ4n) is 5.96. The summed E-state index contributed by atoms with van der Waals surface area (Å²) in [4.78, 5) is 41.6. The summed E-state index contributed by atoms with van der Waals surface area (Å²) in [7, 11) is 0. The number of allylic oxidation sites excluding steroid dienone is 2. The maximum absolute atomic E-state index is 12.7. The third-order valence-corrected chi connectivity index (χ3v) is 8.88. The number of ether oxygens (including phenoxy) is 2. The van der Waals surface area contributed by atoms with Crippen LogP contribution in [0.15, 0.2) is 61.2 Å². The quantitative estimate of drug-likeness (QED) is 0.112. The lowest BCUT2D eigenvalue weighted by atomic mass is 9.92. The molecule has 1 heterocycles. The van der Waals surface area contributed by atoms with Crippen LogP contribution in [0.5, 0.6) is 0 Å². The van der Waals surface area contributed by atoms with E-state index in [4.69, 9.17) is 14.3 Å². The molecular formula is C40H60N4O6. The Hall–Kier alpha value is -3.60. The Morgan fingerprint density at radius 2 is 1.62 bits per heavy atom. The van der Waals surface area contributed by atoms with Crippen LogP contribution in [-0.4, -0.2) is 59.3 Å². The third-order valence-electron chi connectivity index (χ3n) is 8.88. The van der Waals surface area contributed by atoms with Crippen molar-refractivity contribution in [1.82, 2.24) is 20.6 Å². The Balaban J connectivity index is 0.000000331. The number of hydrogen-bond donors (Lipinski definition) is 2. The lowest BCUT2D eigenvalue weighted by Gasteiger charge is -2.32. The molecule has 2 N–H and O–H groups in total. The van der Waals surface area contributed by atoms with Crippen molar-refractivity contribution in [2.75, 3.05) is 13.2 Å². The first kappa shape index (κ1) is 40.8. The van der Waals surface area contributed by atoms with Crippen molar-refractivity contribution in [3.05, 3.63) is 78.2 Å². The Morgan fingerprint density at radius 3 is 2.30 bits per heavy atom. The number of carbonyl (C=O) groups is 3. The van der Waals surface area contributed by atoms with Gasteiger partial charge in [0.15, 0.2) is 12.0 Å². The highest BCUT2D eigenvalue weighted by atomic mass is 16.7. The van der Waals surface area contributed by atoms with E-state index in [1.807, 2.05) is 37.3 Å². The largest absolute Gasteiger partial charge is 0.374 e. The van der Waals surface area contributed by atoms with Crippen molar-refractivity contribution in [3.63, 3.8) is 0 Å². The first-order chi connectivity index (χ1) is 24.5. The minimum Gasteiger partial charge on any atom is -0.374 e. The summed E-state index contributed by atoms with van der Waals surface area (Å²) in [6.07, 6.45) is 23.8. The summed E-state index contributed by atoms with van der Waals surface area (Å²) in [5.74, 6) is -0.324. The summed E-state index contributed by atoms with van der Waals surface area (Å²) >= 11 is 0. The van der Waals surface area contributed by atoms with Gasteiger partial charge in [0.1, 0.15) is 12.2 Å². The van der Waals surface area contributed by atoms with Gasteiger partial charge in [-0.2, -0.15) is 5.10 Å². The molecule has 0 saturated heterocycles. The van der Waals surface area contributed by atoms with Gasteiger partial charge in [-0.25, -0.2) is 5.48 Å². The van der Waals surface area contributed by atoms with Crippen LogP contribution in [0.1, 0.15) is 130 Å². The van der Waals surface area contributed by atoms with Crippen LogP contribution in [0.3, 0.4) is 0 Å². The molecule has 10 nitrogen and oxygen atoms in total. The number of carbonyl (C=O) groups excluding carboxylic acids is 3. The van der Waals surface area contributed by atoms with Gasteiger partial charge in [-0.3, -0.25) is 23.9 Å². The second-order valence-corrected chi connectivity index (χ2v) is 13.3. The topological polar surface area (TPSA) is 121 Å². The van der Waals surface area contributed by atoms with Gasteiger partial charge >= 0.3 is 0 Å². The molecule has 0 spiro atoms. The molecule has 0 bridgehead atoms. The van der Waals surface area contributed by atoms with Gasteiger partial charge < -0.3 is 14.8 Å². The first-order valence-corrected chi connectivity index (χ1v) is 18.7. The summed E-state index contributed by atoms with van der Waals surface area (Å²) in [6.45, 7) is 9.02. The zero-order valence-corrected chi connectivity index (χ0v) is 30.4. The fourth-order valence-corrected chi connectivity index (χ4v) is 5.96. The van der Waals surface area contributed by atoms with Crippen molar-refractivity contribution in [2.45, 2.75) is 135 Å². The Bertz CT molecular complexity index is 1280. The molecule has 276 valence electrons. The zero-order valence-electron chi connectivity index (χ0n) is 30.4. The monoisotopic (exact) mass is 692 g/mol. The third kappa shape index (κ3) is 16.4. The number of aromatic nitrogens is 2. The minimum absolute atomic E-state index is 0.0300. The van der Waals surface area contributed by atoms with Gasteiger partial charge in [-0.05, 0) is 69.4 Å². The Kier molecular flexibility index (Phi) is 20.0. The SMILES string of the molecule is C=CC.CC/C=C/COC1CCCCCCC1.O=Cc1cc(C(=O)NOCC2CC2)nn1CC(=O)NC1CCCC[C@@H]1OCc1ccccc1. The molecule has 1 unspecified atom stereocenters. The van der Waals surface area contributed by atoms with Gasteiger partial charge in [0.05, 0.1) is 38.1 Å². The molecule has 1 aromatic carbocycles. The summed E-state index contributed by atoms with van der Waals surface area (Å²) in [5.41, 5.74) is 3.61. The van der Waals surface area contributed by atoms with E-state index in [0.717, 1.165) is 57.1 Å². The van der Waals surface area contributed by atoms with Gasteiger partial charge in [0.2, 0.25) is 5.91 Å². The van der Waals surface area contributed by atoms with E-state index in [1.54, 1.807) is 6.08 Å². The number of hydroxylamine groups is 1. The lowest BCUT2D eigenvalue weighted by molar-refractivity contribution is -0.124. The average molecular weight is 693 g/mol. The molecule has 5 rings (SSSR count). The van der Waals surface area contributed by atoms with Gasteiger partial charge in [0, 0.05) is 0 Å². The number of benzene rings is 1. The number of hydrogen-bond acceptors (Lipinski definition) is 7. The van der Waals surface area contributed by atoms with Crippen molar-refractivity contribution >= 4 is 18.1 Å². The number of nitrogens with one attached hydrogen (secondary N) is 2. The van der Waals surface area contributed by atoms with E-state index in [1.165, 1.54) is 55.7 Å². The standard InChI is InChI=1S/C24H30N4O5.C13H24O.C3H6/c29-14-19-12-21(24(31)27-33-16-18-10-11-18)26-28(19)13-23(30)25-20-8-4-5-9-22(20)32-15-17-6-2-1-3-7-17;1-2-3-9-12-14-13-10-7-5-4-6-8-11-13;1-3-2/h1-3,6-7,12,14,18,20,22H,4-5,8-11,13,15-16H2,(H,25,30)(H,27,31);3,9,13H,2,4-8,10-12H2,1H3;3H,1H2,2H3/b;9-3+;/t20?,22-;;/m0../s1. The number of nitrogens with zero attached hydrogens (tertiary/aromatic N) is 2. The predicted octanol–water partition coefficient (Wildman–Crippen LogP) is 7.69. The van der Waals surface area contributed by atoms with Crippen LogP contribution in [-0.2, 0) is 32.3 Å². The van der Waals surface area contributed by atoms with Crippen molar-refractivity contribution in [1.29, 1.82) is 0 Å². The average Bonchev–Trinajstić information content (AvgIpc) is 3.85. The smallest absolute Gasteiger partial charge is 0.295 e. The van der Waals surface area contributed by atoms with Gasteiger partial charge in [-0.1, -0.05) is 100 Å². The Morgan fingerprint density at radius 1 is 0.940 bits per heavy atom. The molecule has 0 aliphatic heterocycles. The summed E-state index contributed by atoms with van der Waals surface area (Å²) in [5, 5.41) is 7.15. The summed E-state index contributed by atoms with van der Waals surface area (Å²) in [6, 6.07) is 11.2. The highest BCUT2D eigenvalue weighted by molar-refractivity contribution is 5.93. The van der Waals surface area contributed by atoms with Crippen molar-refractivity contribution in [2.24, 2.45) is 5.92 Å². The maximum Gasteiger partial charge on any atom is 0.295 e. The molecule has 0 radical (unpaired) electrons. The van der Waals surface area contributed by atoms with Crippen LogP contribution >= 0.6 is 0 Å². The molecule has 3 fully saturated rings. The molecule has 2 aromatic rings. The molecule has 10 heteroatoms. The van der Waals surface area contributed by atoms with E-state index in [0.29, 0.717) is 31.5 Å². The highest BCUT2D eigenvalue weighted by Gasteiger charge is 2.28. The van der Waals surface area contributed by atoms with E-state index >= 15 is 0 Å². The molecule has 2 atom stereocenters. The first-order valence-electron chi connectivity index (χ1n) is 18.7. The second kappa shape index (κ2) is 24.5. The molecule has 50 heavy (non-hydrogen) atoms. The highest BCUT2D eigenvalue weighted by Crippen LogP contribution is 2.28. The molecule has 1 aromatic heterocycles. The van der Waals surface area contributed by atoms with Crippen LogP contribution in [0.25, 0.3) is 0 Å². The molecule has 3 saturated carbocycles. The minimum atomic E-state index is -0.542. The fraction of sp³-hybridized carbons (Fsp3) is 0.600. The molecule has 2 amide bonds. The van der Waals surface area contributed by atoms with Crippen LogP contribution in [0, 0.1) is 5.92 Å².